The lowest BCUT2D eigenvalue weighted by Gasteiger charge is -2.19. The van der Waals surface area contributed by atoms with Gasteiger partial charge in [0.2, 0.25) is 0 Å². The number of nitrogens with zero attached hydrogens (tertiary/aromatic N) is 2. The number of rotatable bonds is 4. The second kappa shape index (κ2) is 5.87. The average Bonchev–Trinajstić information content (AvgIpc) is 3.06. The lowest BCUT2D eigenvalue weighted by atomic mass is 10.1. The summed E-state index contributed by atoms with van der Waals surface area (Å²) in [6, 6.07) is 5.39. The third-order valence-corrected chi connectivity index (χ3v) is 4.62. The van der Waals surface area contributed by atoms with Crippen LogP contribution < -0.4 is 10.9 Å². The summed E-state index contributed by atoms with van der Waals surface area (Å²) in [5.74, 6) is 0. The topological polar surface area (TPSA) is 56.1 Å². The van der Waals surface area contributed by atoms with Gasteiger partial charge in [-0.05, 0) is 30.0 Å². The van der Waals surface area contributed by atoms with Crippen LogP contribution in [0, 0.1) is 6.92 Å². The van der Waals surface area contributed by atoms with Gasteiger partial charge in [-0.15, -0.1) is 11.3 Å². The van der Waals surface area contributed by atoms with E-state index in [1.54, 1.807) is 23.6 Å². The Labute approximate surface area is 121 Å². The van der Waals surface area contributed by atoms with Crippen LogP contribution in [-0.2, 0) is 11.3 Å². The molecule has 2 atom stereocenters. The van der Waals surface area contributed by atoms with E-state index >= 15 is 0 Å². The Morgan fingerprint density at radius 2 is 2.40 bits per heavy atom. The Hall–Kier alpha value is -1.50. The number of hydrogen-bond acceptors (Lipinski definition) is 5. The standard InChI is InChI=1S/C14H17N3O2S/c1-10-4-6-20-13(10)7-15-11-8-19-9-12(11)17-14(18)3-2-5-16-17/h2-6,11-12,15H,7-9H2,1H3. The van der Waals surface area contributed by atoms with Crippen molar-refractivity contribution < 1.29 is 4.74 Å². The number of ether oxygens (including phenoxy) is 1. The molecular weight excluding hydrogens is 274 g/mol. The second-order valence-corrected chi connectivity index (χ2v) is 5.93. The van der Waals surface area contributed by atoms with Crippen molar-refractivity contribution >= 4 is 11.3 Å². The van der Waals surface area contributed by atoms with Gasteiger partial charge in [0.05, 0.1) is 25.3 Å². The predicted octanol–water partition coefficient (Wildman–Crippen LogP) is 1.34. The van der Waals surface area contributed by atoms with Crippen molar-refractivity contribution in [2.24, 2.45) is 0 Å². The molecule has 5 nitrogen and oxygen atoms in total. The van der Waals surface area contributed by atoms with E-state index in [1.807, 2.05) is 0 Å². The highest BCUT2D eigenvalue weighted by molar-refractivity contribution is 7.10. The molecule has 0 aromatic carbocycles. The van der Waals surface area contributed by atoms with E-state index < -0.39 is 0 Å². The van der Waals surface area contributed by atoms with Gasteiger partial charge in [0, 0.05) is 23.7 Å². The van der Waals surface area contributed by atoms with Crippen LogP contribution in [0.25, 0.3) is 0 Å². The smallest absolute Gasteiger partial charge is 0.267 e. The number of thiophene rings is 1. The van der Waals surface area contributed by atoms with Gasteiger partial charge in [-0.2, -0.15) is 5.10 Å². The zero-order chi connectivity index (χ0) is 13.9. The van der Waals surface area contributed by atoms with Gasteiger partial charge in [0.15, 0.2) is 0 Å². The lowest BCUT2D eigenvalue weighted by molar-refractivity contribution is 0.181. The Bertz CT molecular complexity index is 637. The molecule has 3 heterocycles. The molecule has 2 aromatic rings. The van der Waals surface area contributed by atoms with Crippen LogP contribution in [0.2, 0.25) is 0 Å². The predicted molar refractivity (Wildman–Crippen MR) is 78.0 cm³/mol. The molecule has 2 unspecified atom stereocenters. The number of aromatic nitrogens is 2. The molecule has 1 aliphatic heterocycles. The fraction of sp³-hybridized carbons (Fsp3) is 0.429. The Morgan fingerprint density at radius 1 is 1.50 bits per heavy atom. The van der Waals surface area contributed by atoms with Crippen LogP contribution in [0.3, 0.4) is 0 Å². The molecule has 0 saturated carbocycles. The molecule has 0 radical (unpaired) electrons. The van der Waals surface area contributed by atoms with Crippen molar-refractivity contribution in [3.8, 4) is 0 Å². The first-order valence-corrected chi connectivity index (χ1v) is 7.51. The molecule has 1 fully saturated rings. The molecule has 0 spiro atoms. The van der Waals surface area contributed by atoms with Crippen molar-refractivity contribution in [3.05, 3.63) is 50.6 Å². The average molecular weight is 291 g/mol. The van der Waals surface area contributed by atoms with E-state index in [2.05, 4.69) is 28.8 Å². The third-order valence-electron chi connectivity index (χ3n) is 3.60. The Balaban J connectivity index is 1.72. The van der Waals surface area contributed by atoms with Gasteiger partial charge < -0.3 is 10.1 Å². The minimum absolute atomic E-state index is 0.0380. The quantitative estimate of drug-likeness (QED) is 0.923. The molecule has 106 valence electrons. The van der Waals surface area contributed by atoms with Crippen LogP contribution in [0.4, 0.5) is 0 Å². The first-order valence-electron chi connectivity index (χ1n) is 6.63. The first kappa shape index (κ1) is 13.5. The molecule has 0 amide bonds. The monoisotopic (exact) mass is 291 g/mol. The second-order valence-electron chi connectivity index (χ2n) is 4.93. The first-order chi connectivity index (χ1) is 9.75. The molecule has 0 aliphatic carbocycles. The third kappa shape index (κ3) is 2.67. The molecular formula is C14H17N3O2S. The summed E-state index contributed by atoms with van der Waals surface area (Å²) in [6.45, 7) is 4.05. The van der Waals surface area contributed by atoms with E-state index in [4.69, 9.17) is 4.74 Å². The summed E-state index contributed by atoms with van der Waals surface area (Å²) in [7, 11) is 0. The molecule has 1 N–H and O–H groups in total. The van der Waals surface area contributed by atoms with Gasteiger partial charge in [-0.1, -0.05) is 0 Å². The summed E-state index contributed by atoms with van der Waals surface area (Å²) in [5, 5.41) is 9.74. The fourth-order valence-electron chi connectivity index (χ4n) is 2.41. The molecule has 0 bridgehead atoms. The summed E-state index contributed by atoms with van der Waals surface area (Å²) in [5.41, 5.74) is 1.22. The molecule has 1 aliphatic rings. The largest absolute Gasteiger partial charge is 0.377 e. The van der Waals surface area contributed by atoms with Gasteiger partial charge in [0.1, 0.15) is 0 Å². The Morgan fingerprint density at radius 3 is 3.15 bits per heavy atom. The van der Waals surface area contributed by atoms with Gasteiger partial charge in [-0.25, -0.2) is 4.68 Å². The zero-order valence-electron chi connectivity index (χ0n) is 11.3. The SMILES string of the molecule is Cc1ccsc1CNC1COCC1n1ncccc1=O. The van der Waals surface area contributed by atoms with Crippen LogP contribution in [0.15, 0.2) is 34.6 Å². The number of hydrogen-bond donors (Lipinski definition) is 1. The number of aryl methyl sites for hydroxylation is 1. The van der Waals surface area contributed by atoms with Crippen molar-refractivity contribution in [2.45, 2.75) is 25.6 Å². The van der Waals surface area contributed by atoms with Crippen LogP contribution in [-0.4, -0.2) is 29.0 Å². The highest BCUT2D eigenvalue weighted by atomic mass is 32.1. The lowest BCUT2D eigenvalue weighted by Crippen LogP contribution is -2.40. The molecule has 6 heteroatoms. The Kier molecular flexibility index (Phi) is 3.95. The van der Waals surface area contributed by atoms with Crippen LogP contribution in [0.5, 0.6) is 0 Å². The van der Waals surface area contributed by atoms with E-state index in [0.29, 0.717) is 13.2 Å². The summed E-state index contributed by atoms with van der Waals surface area (Å²) < 4.78 is 7.04. The maximum absolute atomic E-state index is 11.9. The summed E-state index contributed by atoms with van der Waals surface area (Å²) in [4.78, 5) is 13.2. The molecule has 3 rings (SSSR count). The summed E-state index contributed by atoms with van der Waals surface area (Å²) in [6.07, 6.45) is 1.64. The van der Waals surface area contributed by atoms with Gasteiger partial charge in [-0.3, -0.25) is 4.79 Å². The van der Waals surface area contributed by atoms with Crippen LogP contribution >= 0.6 is 11.3 Å². The summed E-state index contributed by atoms with van der Waals surface area (Å²) >= 11 is 1.75. The van der Waals surface area contributed by atoms with E-state index in [0.717, 1.165) is 6.54 Å². The number of nitrogens with one attached hydrogen (secondary N) is 1. The molecule has 1 saturated heterocycles. The normalized spacial score (nSPS) is 22.2. The minimum atomic E-state index is -0.0814. The minimum Gasteiger partial charge on any atom is -0.377 e. The van der Waals surface area contributed by atoms with Gasteiger partial charge >= 0.3 is 0 Å². The van der Waals surface area contributed by atoms with Crippen molar-refractivity contribution in [1.82, 2.24) is 15.1 Å². The maximum Gasteiger partial charge on any atom is 0.267 e. The molecule has 20 heavy (non-hydrogen) atoms. The fourth-order valence-corrected chi connectivity index (χ4v) is 3.26. The van der Waals surface area contributed by atoms with E-state index in [9.17, 15) is 4.79 Å². The van der Waals surface area contributed by atoms with E-state index in [1.165, 1.54) is 21.2 Å². The van der Waals surface area contributed by atoms with Crippen molar-refractivity contribution in [1.29, 1.82) is 0 Å². The van der Waals surface area contributed by atoms with Crippen molar-refractivity contribution in [2.75, 3.05) is 13.2 Å². The van der Waals surface area contributed by atoms with Gasteiger partial charge in [0.25, 0.3) is 5.56 Å². The van der Waals surface area contributed by atoms with E-state index in [-0.39, 0.29) is 17.6 Å². The van der Waals surface area contributed by atoms with Crippen molar-refractivity contribution in [3.63, 3.8) is 0 Å². The highest BCUT2D eigenvalue weighted by Gasteiger charge is 2.30. The highest BCUT2D eigenvalue weighted by Crippen LogP contribution is 2.20. The molecule has 2 aromatic heterocycles. The zero-order valence-corrected chi connectivity index (χ0v) is 12.1. The van der Waals surface area contributed by atoms with Crippen LogP contribution in [0.1, 0.15) is 16.5 Å². The maximum atomic E-state index is 11.9.